The molecule has 1 aromatic heterocycles. The van der Waals surface area contributed by atoms with E-state index in [0.717, 1.165) is 29.2 Å². The molecule has 5 nitrogen and oxygen atoms in total. The van der Waals surface area contributed by atoms with Crippen LogP contribution in [-0.2, 0) is 10.7 Å². The van der Waals surface area contributed by atoms with E-state index in [1.54, 1.807) is 7.11 Å². The van der Waals surface area contributed by atoms with Crippen LogP contribution in [0.4, 0.5) is 0 Å². The Morgan fingerprint density at radius 3 is 2.31 bits per heavy atom. The maximum absolute atomic E-state index is 6.44. The highest BCUT2D eigenvalue weighted by Crippen LogP contribution is 2.40. The predicted octanol–water partition coefficient (Wildman–Crippen LogP) is 7.43. The standard InChI is InChI=1S/C28H46N3O.C2H6OS/c1-29-20-14-6-4-5-7-15-21-31(2,3)23-26-22-30-28(32-26)27(24-16-10-8-11-17-24)25-18-12-9-13-19-25;1-3-4-2/h8,10-11,16-17,22,25,27,29H,4-7,9,12-15,18-21,23H2,1-3H3;1-2H3/q+1;. The number of nitrogens with one attached hydrogen (secondary N) is 1. The molecule has 1 fully saturated rings. The van der Waals surface area contributed by atoms with E-state index in [1.807, 2.05) is 19.5 Å². The number of benzene rings is 1. The van der Waals surface area contributed by atoms with Crippen molar-refractivity contribution in [3.05, 3.63) is 53.7 Å². The van der Waals surface area contributed by atoms with Crippen molar-refractivity contribution in [3.63, 3.8) is 0 Å². The van der Waals surface area contributed by atoms with Crippen molar-refractivity contribution in [1.29, 1.82) is 0 Å². The van der Waals surface area contributed by atoms with Crippen molar-refractivity contribution in [3.8, 4) is 0 Å². The Morgan fingerprint density at radius 1 is 1.03 bits per heavy atom. The Hall–Kier alpha value is -1.34. The number of quaternary nitrogens is 1. The van der Waals surface area contributed by atoms with E-state index in [4.69, 9.17) is 9.40 Å². The number of rotatable bonds is 15. The van der Waals surface area contributed by atoms with Crippen LogP contribution in [0.3, 0.4) is 0 Å². The lowest BCUT2D eigenvalue weighted by Crippen LogP contribution is -2.39. The van der Waals surface area contributed by atoms with Crippen LogP contribution in [0.1, 0.15) is 93.8 Å². The summed E-state index contributed by atoms with van der Waals surface area (Å²) in [5.41, 5.74) is 1.36. The number of oxazole rings is 1. The van der Waals surface area contributed by atoms with Crippen LogP contribution in [0.25, 0.3) is 0 Å². The van der Waals surface area contributed by atoms with Gasteiger partial charge < -0.3 is 18.4 Å². The lowest BCUT2D eigenvalue weighted by molar-refractivity contribution is -0.904. The van der Waals surface area contributed by atoms with Crippen molar-refractivity contribution in [2.24, 2.45) is 5.92 Å². The third-order valence-corrected chi connectivity index (χ3v) is 7.64. The highest BCUT2D eigenvalue weighted by molar-refractivity contribution is 7.93. The zero-order valence-corrected chi connectivity index (χ0v) is 24.5. The number of nitrogens with zero attached hydrogens (tertiary/aromatic N) is 2. The van der Waals surface area contributed by atoms with Crippen LogP contribution in [-0.4, -0.2) is 57.1 Å². The number of unbranched alkanes of at least 4 members (excludes halogenated alkanes) is 5. The molecule has 36 heavy (non-hydrogen) atoms. The molecule has 2 aromatic rings. The monoisotopic (exact) mass is 518 g/mol. The summed E-state index contributed by atoms with van der Waals surface area (Å²) in [6.07, 6.45) is 18.5. The summed E-state index contributed by atoms with van der Waals surface area (Å²) in [5, 5.41) is 3.23. The van der Waals surface area contributed by atoms with Crippen molar-refractivity contribution in [2.45, 2.75) is 83.1 Å². The van der Waals surface area contributed by atoms with E-state index in [0.29, 0.717) is 11.8 Å². The van der Waals surface area contributed by atoms with Crippen LogP contribution < -0.4 is 5.32 Å². The molecule has 1 aliphatic rings. The van der Waals surface area contributed by atoms with Gasteiger partial charge in [-0.1, -0.05) is 68.9 Å². The van der Waals surface area contributed by atoms with E-state index >= 15 is 0 Å². The zero-order chi connectivity index (χ0) is 26.1. The smallest absolute Gasteiger partial charge is 0.202 e. The normalized spacial score (nSPS) is 15.4. The molecule has 0 spiro atoms. The summed E-state index contributed by atoms with van der Waals surface area (Å²) in [4.78, 5) is 4.82. The molecule has 1 unspecified atom stereocenters. The molecule has 0 bridgehead atoms. The topological polar surface area (TPSA) is 47.3 Å². The second kappa shape index (κ2) is 18.0. The summed E-state index contributed by atoms with van der Waals surface area (Å²) in [6, 6.07) is 10.9. The molecule has 1 heterocycles. The van der Waals surface area contributed by atoms with E-state index in [1.165, 1.54) is 94.8 Å². The Morgan fingerprint density at radius 2 is 1.67 bits per heavy atom. The molecule has 0 amide bonds. The fourth-order valence-corrected chi connectivity index (χ4v) is 5.33. The van der Waals surface area contributed by atoms with Gasteiger partial charge in [-0.05, 0) is 69.2 Å². The number of hydrogen-bond donors (Lipinski definition) is 1. The minimum atomic E-state index is 0.295. The molecule has 0 saturated heterocycles. The van der Waals surface area contributed by atoms with Gasteiger partial charge in [-0.3, -0.25) is 0 Å². The first kappa shape index (κ1) is 30.9. The minimum absolute atomic E-state index is 0.295. The van der Waals surface area contributed by atoms with Gasteiger partial charge in [-0.25, -0.2) is 4.98 Å². The zero-order valence-electron chi connectivity index (χ0n) is 23.6. The Bertz CT molecular complexity index is 789. The molecular formula is C30H52N3O2S+. The molecule has 1 aliphatic carbocycles. The second-order valence-electron chi connectivity index (χ2n) is 10.8. The van der Waals surface area contributed by atoms with Crippen LogP contribution in [0.15, 0.2) is 40.9 Å². The van der Waals surface area contributed by atoms with Crippen molar-refractivity contribution < 1.29 is 13.1 Å². The Kier molecular flexibility index (Phi) is 15.4. The summed E-state index contributed by atoms with van der Waals surface area (Å²) in [7, 11) is 8.33. The minimum Gasteiger partial charge on any atom is -0.439 e. The second-order valence-corrected chi connectivity index (χ2v) is 11.5. The van der Waals surface area contributed by atoms with E-state index in [9.17, 15) is 0 Å². The fraction of sp³-hybridized carbons (Fsp3) is 0.700. The molecule has 1 atom stereocenters. The van der Waals surface area contributed by atoms with Gasteiger partial charge in [0.2, 0.25) is 5.89 Å². The molecule has 3 rings (SSSR count). The van der Waals surface area contributed by atoms with Crippen LogP contribution in [0, 0.1) is 5.92 Å². The summed E-state index contributed by atoms with van der Waals surface area (Å²) in [5.74, 6) is 2.91. The molecule has 6 heteroatoms. The van der Waals surface area contributed by atoms with Gasteiger partial charge in [0.15, 0.2) is 5.76 Å². The third-order valence-electron chi connectivity index (χ3n) is 7.31. The Balaban J connectivity index is 0.00000106. The quantitative estimate of drug-likeness (QED) is 0.151. The lowest BCUT2D eigenvalue weighted by Gasteiger charge is -2.29. The number of hydrogen-bond acceptors (Lipinski definition) is 5. The number of aromatic nitrogens is 1. The maximum atomic E-state index is 6.44. The maximum Gasteiger partial charge on any atom is 0.202 e. The largest absolute Gasteiger partial charge is 0.439 e. The van der Waals surface area contributed by atoms with Gasteiger partial charge in [-0.2, -0.15) is 0 Å². The van der Waals surface area contributed by atoms with E-state index < -0.39 is 0 Å². The lowest BCUT2D eigenvalue weighted by atomic mass is 9.77. The van der Waals surface area contributed by atoms with Crippen LogP contribution in [0.5, 0.6) is 0 Å². The predicted molar refractivity (Wildman–Crippen MR) is 154 cm³/mol. The van der Waals surface area contributed by atoms with Crippen molar-refractivity contribution in [2.75, 3.05) is 47.6 Å². The molecule has 204 valence electrons. The molecule has 0 aliphatic heterocycles. The summed E-state index contributed by atoms with van der Waals surface area (Å²) >= 11 is 1.36. The van der Waals surface area contributed by atoms with Gasteiger partial charge in [0.25, 0.3) is 0 Å². The molecule has 0 radical (unpaired) electrons. The molecule has 1 aromatic carbocycles. The van der Waals surface area contributed by atoms with Gasteiger partial charge in [-0.15, -0.1) is 0 Å². The van der Waals surface area contributed by atoms with Gasteiger partial charge in [0, 0.05) is 6.26 Å². The highest BCUT2D eigenvalue weighted by atomic mass is 32.2. The van der Waals surface area contributed by atoms with Crippen molar-refractivity contribution >= 4 is 12.0 Å². The highest BCUT2D eigenvalue weighted by Gasteiger charge is 2.31. The third kappa shape index (κ3) is 11.8. The molecule has 1 N–H and O–H groups in total. The van der Waals surface area contributed by atoms with Crippen LogP contribution >= 0.6 is 12.0 Å². The van der Waals surface area contributed by atoms with E-state index in [-0.39, 0.29) is 0 Å². The van der Waals surface area contributed by atoms with Gasteiger partial charge >= 0.3 is 0 Å². The van der Waals surface area contributed by atoms with E-state index in [2.05, 4.69) is 53.9 Å². The first-order valence-electron chi connectivity index (χ1n) is 14.0. The average Bonchev–Trinajstić information content (AvgIpc) is 3.34. The SMILES string of the molecule is CNCCCCCCCC[N+](C)(C)Cc1cnc(C(c2ccccc2)C2CCCCC2)o1.COSC. The first-order valence-corrected chi connectivity index (χ1v) is 15.2. The molecule has 1 saturated carbocycles. The average molecular weight is 519 g/mol. The first-order chi connectivity index (χ1) is 17.5. The fourth-order valence-electron chi connectivity index (χ4n) is 5.33. The Labute approximate surface area is 225 Å². The van der Waals surface area contributed by atoms with Crippen molar-refractivity contribution in [1.82, 2.24) is 10.3 Å². The van der Waals surface area contributed by atoms with Gasteiger partial charge in [0.05, 0.1) is 39.9 Å². The summed E-state index contributed by atoms with van der Waals surface area (Å²) in [6.45, 7) is 3.26. The van der Waals surface area contributed by atoms with Gasteiger partial charge in [0.1, 0.15) is 6.54 Å². The molecular weight excluding hydrogens is 466 g/mol. The van der Waals surface area contributed by atoms with Crippen LogP contribution in [0.2, 0.25) is 0 Å². The summed E-state index contributed by atoms with van der Waals surface area (Å²) < 4.78 is 11.9.